The first-order valence-corrected chi connectivity index (χ1v) is 24.0. The van der Waals surface area contributed by atoms with Crippen LogP contribution in [0.1, 0.15) is 22.3 Å². The topological polar surface area (TPSA) is 3.24 Å². The number of hydrogen-bond acceptors (Lipinski definition) is 2. The molecule has 1 heterocycles. The number of anilines is 3. The van der Waals surface area contributed by atoms with Crippen LogP contribution in [0.5, 0.6) is 0 Å². The van der Waals surface area contributed by atoms with Gasteiger partial charge < -0.3 is 4.90 Å². The largest absolute Gasteiger partial charge is 0.310 e. The fourth-order valence-corrected chi connectivity index (χ4v) is 12.8. The van der Waals surface area contributed by atoms with E-state index in [4.69, 9.17) is 0 Å². The second-order valence-electron chi connectivity index (χ2n) is 17.9. The van der Waals surface area contributed by atoms with E-state index in [-0.39, 0.29) is 0 Å². The van der Waals surface area contributed by atoms with E-state index in [0.717, 1.165) is 17.1 Å². The minimum absolute atomic E-state index is 0.446. The van der Waals surface area contributed by atoms with E-state index in [0.29, 0.717) is 0 Å². The lowest BCUT2D eigenvalue weighted by Crippen LogP contribution is -2.26. The molecule has 11 aromatic carbocycles. The quantitative estimate of drug-likeness (QED) is 0.161. The summed E-state index contributed by atoms with van der Waals surface area (Å²) in [7, 11) is 0. The van der Waals surface area contributed by atoms with E-state index in [1.807, 2.05) is 11.3 Å². The Morgan fingerprint density at radius 2 is 0.791 bits per heavy atom. The maximum absolute atomic E-state index is 2.49. The second kappa shape index (κ2) is 14.9. The zero-order valence-corrected chi connectivity index (χ0v) is 37.3. The molecule has 312 valence electrons. The van der Waals surface area contributed by atoms with Crippen LogP contribution in [-0.2, 0) is 5.41 Å². The van der Waals surface area contributed by atoms with Gasteiger partial charge in [-0.15, -0.1) is 11.3 Å². The van der Waals surface area contributed by atoms with Crippen molar-refractivity contribution in [3.05, 3.63) is 271 Å². The Morgan fingerprint density at radius 1 is 0.284 bits per heavy atom. The lowest BCUT2D eigenvalue weighted by Gasteiger charge is -2.32. The van der Waals surface area contributed by atoms with Crippen LogP contribution in [0, 0.1) is 0 Å². The summed E-state index contributed by atoms with van der Waals surface area (Å²) in [5.74, 6) is 0. The minimum Gasteiger partial charge on any atom is -0.310 e. The smallest absolute Gasteiger partial charge is 0.0726 e. The Morgan fingerprint density at radius 3 is 1.55 bits per heavy atom. The van der Waals surface area contributed by atoms with Crippen molar-refractivity contribution in [2.75, 3.05) is 4.90 Å². The molecule has 1 spiro atoms. The Kier molecular flexibility index (Phi) is 8.44. The molecule has 0 unspecified atom stereocenters. The molecule has 0 fully saturated rings. The summed E-state index contributed by atoms with van der Waals surface area (Å²) in [5, 5.41) is 5.14. The van der Waals surface area contributed by atoms with Crippen LogP contribution in [0.2, 0.25) is 0 Å². The molecule has 0 atom stereocenters. The average Bonchev–Trinajstić information content (AvgIpc) is 4.03. The summed E-state index contributed by atoms with van der Waals surface area (Å²) < 4.78 is 2.65. The molecule has 2 aliphatic carbocycles. The normalized spacial score (nSPS) is 12.9. The Balaban J connectivity index is 0.947. The van der Waals surface area contributed by atoms with Crippen LogP contribution in [0.15, 0.2) is 249 Å². The fraction of sp³-hybridized carbons (Fsp3) is 0.0154. The predicted molar refractivity (Wildman–Crippen MR) is 284 cm³/mol. The molecule has 2 heteroatoms. The molecule has 1 aromatic heterocycles. The van der Waals surface area contributed by atoms with Crippen molar-refractivity contribution in [2.24, 2.45) is 0 Å². The molecule has 0 amide bonds. The summed E-state index contributed by atoms with van der Waals surface area (Å²) in [5.41, 5.74) is 20.7. The van der Waals surface area contributed by atoms with Crippen LogP contribution in [0.4, 0.5) is 17.1 Å². The molecule has 0 aliphatic heterocycles. The number of fused-ring (bicyclic) bond motifs is 14. The summed E-state index contributed by atoms with van der Waals surface area (Å²) in [6.07, 6.45) is 0. The van der Waals surface area contributed by atoms with Crippen LogP contribution in [0.3, 0.4) is 0 Å². The van der Waals surface area contributed by atoms with Gasteiger partial charge in [0, 0.05) is 37.2 Å². The highest BCUT2D eigenvalue weighted by Crippen LogP contribution is 2.63. The van der Waals surface area contributed by atoms with Gasteiger partial charge in [0.15, 0.2) is 0 Å². The summed E-state index contributed by atoms with van der Waals surface area (Å²) in [6, 6.07) is 92.6. The molecule has 0 radical (unpaired) electrons. The van der Waals surface area contributed by atoms with Gasteiger partial charge in [-0.05, 0) is 137 Å². The second-order valence-corrected chi connectivity index (χ2v) is 19.0. The monoisotopic (exact) mass is 867 g/mol. The van der Waals surface area contributed by atoms with Crippen LogP contribution < -0.4 is 4.90 Å². The molecule has 0 saturated carbocycles. The van der Waals surface area contributed by atoms with Crippen molar-refractivity contribution in [3.8, 4) is 55.6 Å². The number of hydrogen-bond donors (Lipinski definition) is 0. The standard InChI is InChI=1S/C65H41NS/c1-2-21-50-42(15-1)16-13-26-51(50)43-33-35-47(36-34-43)66(48-20-12-18-45(40-48)44-17-11-19-46(39-44)52-27-14-28-58-57-25-6-10-32-63(57)67-64(52)58)49-37-38-56-55-24-5-9-31-61(55)65(62(56)41-49)59-29-7-3-22-53(59)54-23-4-8-30-60(54)65/h1-41H. The van der Waals surface area contributed by atoms with Gasteiger partial charge in [0.25, 0.3) is 0 Å². The van der Waals surface area contributed by atoms with Gasteiger partial charge in [0.05, 0.1) is 5.41 Å². The summed E-state index contributed by atoms with van der Waals surface area (Å²) >= 11 is 1.88. The molecule has 0 saturated heterocycles. The summed E-state index contributed by atoms with van der Waals surface area (Å²) in [6.45, 7) is 0. The van der Waals surface area contributed by atoms with E-state index in [9.17, 15) is 0 Å². The fourth-order valence-electron chi connectivity index (χ4n) is 11.6. The molecule has 2 aliphatic rings. The van der Waals surface area contributed by atoms with E-state index in [1.54, 1.807) is 0 Å². The number of rotatable bonds is 6. The van der Waals surface area contributed by atoms with Crippen molar-refractivity contribution >= 4 is 59.3 Å². The molecular formula is C65H41NS. The van der Waals surface area contributed by atoms with Crippen molar-refractivity contribution in [2.45, 2.75) is 5.41 Å². The van der Waals surface area contributed by atoms with E-state index >= 15 is 0 Å². The third-order valence-corrected chi connectivity index (χ3v) is 15.7. The maximum atomic E-state index is 2.49. The van der Waals surface area contributed by atoms with Crippen molar-refractivity contribution in [1.29, 1.82) is 0 Å². The van der Waals surface area contributed by atoms with Crippen molar-refractivity contribution < 1.29 is 0 Å². The number of nitrogens with zero attached hydrogens (tertiary/aromatic N) is 1. The first-order chi connectivity index (χ1) is 33.2. The van der Waals surface area contributed by atoms with Gasteiger partial charge in [-0.25, -0.2) is 0 Å². The van der Waals surface area contributed by atoms with Crippen molar-refractivity contribution in [1.82, 2.24) is 0 Å². The van der Waals surface area contributed by atoms with Gasteiger partial charge in [-0.2, -0.15) is 0 Å². The summed E-state index contributed by atoms with van der Waals surface area (Å²) in [4.78, 5) is 2.46. The van der Waals surface area contributed by atoms with E-state index in [2.05, 4.69) is 254 Å². The molecule has 0 bridgehead atoms. The third kappa shape index (κ3) is 5.67. The van der Waals surface area contributed by atoms with Gasteiger partial charge in [-0.1, -0.05) is 200 Å². The highest BCUT2D eigenvalue weighted by molar-refractivity contribution is 7.26. The van der Waals surface area contributed by atoms with Gasteiger partial charge in [0.1, 0.15) is 0 Å². The van der Waals surface area contributed by atoms with Crippen LogP contribution in [-0.4, -0.2) is 0 Å². The molecule has 67 heavy (non-hydrogen) atoms. The molecule has 0 N–H and O–H groups in total. The van der Waals surface area contributed by atoms with Crippen molar-refractivity contribution in [3.63, 3.8) is 0 Å². The number of benzene rings is 11. The van der Waals surface area contributed by atoms with Gasteiger partial charge in [0.2, 0.25) is 0 Å². The maximum Gasteiger partial charge on any atom is 0.0726 e. The lowest BCUT2D eigenvalue weighted by atomic mass is 9.70. The van der Waals surface area contributed by atoms with Gasteiger partial charge >= 0.3 is 0 Å². The number of thiophene rings is 1. The molecular weight excluding hydrogens is 827 g/mol. The lowest BCUT2D eigenvalue weighted by molar-refractivity contribution is 0.793. The van der Waals surface area contributed by atoms with Crippen LogP contribution >= 0.6 is 11.3 Å². The third-order valence-electron chi connectivity index (χ3n) is 14.5. The Bertz CT molecular complexity index is 3880. The van der Waals surface area contributed by atoms with Gasteiger partial charge in [-0.3, -0.25) is 0 Å². The highest BCUT2D eigenvalue weighted by atomic mass is 32.1. The average molecular weight is 868 g/mol. The first kappa shape index (κ1) is 38.0. The first-order valence-electron chi connectivity index (χ1n) is 23.2. The Hall–Kier alpha value is -8.30. The zero-order chi connectivity index (χ0) is 44.1. The molecule has 14 rings (SSSR count). The predicted octanol–water partition coefficient (Wildman–Crippen LogP) is 18.0. The minimum atomic E-state index is -0.446. The van der Waals surface area contributed by atoms with E-state index < -0.39 is 5.41 Å². The molecule has 12 aromatic rings. The molecule has 1 nitrogen and oxygen atoms in total. The highest BCUT2D eigenvalue weighted by Gasteiger charge is 2.51. The Labute approximate surface area is 394 Å². The van der Waals surface area contributed by atoms with Crippen LogP contribution in [0.25, 0.3) is 86.6 Å². The SMILES string of the molecule is c1cc(-c2cccc(N(c3ccc(-c4cccc5ccccc45)cc3)c3ccc4c(c3)C3(c5ccccc5-c5ccccc53)c3ccccc3-4)c2)cc(-c2cccc3c2sc2ccccc23)c1. The van der Waals surface area contributed by atoms with E-state index in [1.165, 1.54) is 109 Å². The zero-order valence-electron chi connectivity index (χ0n) is 36.5.